The van der Waals surface area contributed by atoms with Gasteiger partial charge in [-0.1, -0.05) is 0 Å². The molecule has 2 saturated carbocycles. The number of carbonyl (C=O) groups is 2. The lowest BCUT2D eigenvalue weighted by molar-refractivity contribution is -0.0848. The van der Waals surface area contributed by atoms with Gasteiger partial charge in [-0.05, 0) is 61.4 Å². The third kappa shape index (κ3) is 3.39. The van der Waals surface area contributed by atoms with E-state index in [9.17, 15) is 14.0 Å². The monoisotopic (exact) mass is 423 g/mol. The number of nitrogens with one attached hydrogen (secondary N) is 1. The summed E-state index contributed by atoms with van der Waals surface area (Å²) in [7, 11) is 1.69. The van der Waals surface area contributed by atoms with Gasteiger partial charge in [0, 0.05) is 24.7 Å². The second-order valence-electron chi connectivity index (χ2n) is 8.58. The van der Waals surface area contributed by atoms with Crippen molar-refractivity contribution < 1.29 is 18.7 Å². The molecule has 2 fully saturated rings. The minimum atomic E-state index is -0.562. The molecule has 0 atom stereocenters. The van der Waals surface area contributed by atoms with E-state index >= 15 is 0 Å². The summed E-state index contributed by atoms with van der Waals surface area (Å²) >= 11 is 0. The molecule has 2 aromatic heterocycles. The summed E-state index contributed by atoms with van der Waals surface area (Å²) in [5, 5.41) is 7.94. The lowest BCUT2D eigenvalue weighted by Gasteiger charge is -2.57. The standard InChI is InChI=1S/C22H22FN5O3/c1-28-17-7-12(23)4-5-15(17)18(27-28)20(30)26-13-8-22(9-13)10-14(11-22)31-21-16(19(24)29)3-2-6-25-21/h2-7,13-14H,8-11H2,1H3,(H2,24,29)(H,26,30). The number of pyridine rings is 1. The first kappa shape index (κ1) is 19.5. The Kier molecular flexibility index (Phi) is 4.42. The van der Waals surface area contributed by atoms with Crippen LogP contribution in [0.5, 0.6) is 5.88 Å². The number of fused-ring (bicyclic) bond motifs is 1. The number of benzene rings is 1. The fourth-order valence-corrected chi connectivity index (χ4v) is 4.89. The van der Waals surface area contributed by atoms with Gasteiger partial charge in [0.05, 0.1) is 5.52 Å². The molecular formula is C22H22FN5O3. The van der Waals surface area contributed by atoms with Crippen molar-refractivity contribution in [2.45, 2.75) is 37.8 Å². The van der Waals surface area contributed by atoms with E-state index in [1.54, 1.807) is 31.4 Å². The van der Waals surface area contributed by atoms with Gasteiger partial charge in [-0.25, -0.2) is 9.37 Å². The third-order valence-corrected chi connectivity index (χ3v) is 6.36. The Hall–Kier alpha value is -3.49. The highest BCUT2D eigenvalue weighted by molar-refractivity contribution is 6.05. The van der Waals surface area contributed by atoms with Crippen LogP contribution in [0.3, 0.4) is 0 Å². The Bertz CT molecular complexity index is 1190. The summed E-state index contributed by atoms with van der Waals surface area (Å²) in [6, 6.07) is 7.61. The molecule has 9 heteroatoms. The van der Waals surface area contributed by atoms with Gasteiger partial charge in [-0.2, -0.15) is 5.10 Å². The normalized spacial score (nSPS) is 24.5. The van der Waals surface area contributed by atoms with E-state index in [4.69, 9.17) is 10.5 Å². The maximum atomic E-state index is 13.5. The van der Waals surface area contributed by atoms with E-state index in [-0.39, 0.29) is 40.7 Å². The highest BCUT2D eigenvalue weighted by Crippen LogP contribution is 2.56. The van der Waals surface area contributed by atoms with E-state index in [1.165, 1.54) is 16.8 Å². The first-order valence-corrected chi connectivity index (χ1v) is 10.2. The molecule has 160 valence electrons. The summed E-state index contributed by atoms with van der Waals surface area (Å²) in [6.45, 7) is 0. The lowest BCUT2D eigenvalue weighted by Crippen LogP contribution is -2.58. The predicted molar refractivity (Wildman–Crippen MR) is 110 cm³/mol. The highest BCUT2D eigenvalue weighted by Gasteiger charge is 2.54. The minimum absolute atomic E-state index is 0.0146. The second kappa shape index (κ2) is 7.04. The molecule has 1 aromatic carbocycles. The van der Waals surface area contributed by atoms with Gasteiger partial charge in [0.2, 0.25) is 5.88 Å². The summed E-state index contributed by atoms with van der Waals surface area (Å²) in [5.74, 6) is -0.895. The molecule has 1 spiro atoms. The van der Waals surface area contributed by atoms with Gasteiger partial charge in [-0.15, -0.1) is 0 Å². The number of carbonyl (C=O) groups excluding carboxylic acids is 2. The molecule has 2 heterocycles. The van der Waals surface area contributed by atoms with Crippen LogP contribution in [0.25, 0.3) is 10.9 Å². The number of amides is 2. The molecule has 0 bridgehead atoms. The van der Waals surface area contributed by atoms with Crippen molar-refractivity contribution >= 4 is 22.7 Å². The average Bonchev–Trinajstić information content (AvgIpc) is 3.01. The van der Waals surface area contributed by atoms with Crippen molar-refractivity contribution in [1.29, 1.82) is 0 Å². The Balaban J connectivity index is 1.17. The van der Waals surface area contributed by atoms with Crippen molar-refractivity contribution in [3.05, 3.63) is 53.6 Å². The van der Waals surface area contributed by atoms with Crippen LogP contribution < -0.4 is 15.8 Å². The summed E-state index contributed by atoms with van der Waals surface area (Å²) < 4.78 is 20.9. The minimum Gasteiger partial charge on any atom is -0.474 e. The Labute approximate surface area is 177 Å². The molecule has 2 aliphatic carbocycles. The molecule has 0 unspecified atom stereocenters. The molecule has 3 N–H and O–H groups in total. The first-order valence-electron chi connectivity index (χ1n) is 10.2. The van der Waals surface area contributed by atoms with Crippen molar-refractivity contribution in [3.8, 4) is 5.88 Å². The molecule has 0 aliphatic heterocycles. The fraction of sp³-hybridized carbons (Fsp3) is 0.364. The first-order chi connectivity index (χ1) is 14.8. The zero-order chi connectivity index (χ0) is 21.8. The average molecular weight is 423 g/mol. The number of hydrogen-bond acceptors (Lipinski definition) is 5. The van der Waals surface area contributed by atoms with E-state index < -0.39 is 5.91 Å². The van der Waals surface area contributed by atoms with E-state index in [0.29, 0.717) is 16.6 Å². The molecule has 0 saturated heterocycles. The van der Waals surface area contributed by atoms with Crippen LogP contribution in [0, 0.1) is 11.2 Å². The SMILES string of the molecule is Cn1nc(C(=O)NC2CC3(C2)CC(Oc2ncccc2C(N)=O)C3)c2ccc(F)cc21. The number of primary amides is 1. The van der Waals surface area contributed by atoms with Crippen molar-refractivity contribution in [2.75, 3.05) is 0 Å². The fourth-order valence-electron chi connectivity index (χ4n) is 4.89. The van der Waals surface area contributed by atoms with E-state index in [0.717, 1.165) is 25.7 Å². The third-order valence-electron chi connectivity index (χ3n) is 6.36. The maximum absolute atomic E-state index is 13.5. The number of halogens is 1. The quantitative estimate of drug-likeness (QED) is 0.654. The molecule has 5 rings (SSSR count). The van der Waals surface area contributed by atoms with Gasteiger partial charge in [-0.3, -0.25) is 14.3 Å². The lowest BCUT2D eigenvalue weighted by atomic mass is 9.53. The number of nitrogens with two attached hydrogens (primary N) is 1. The van der Waals surface area contributed by atoms with Crippen molar-refractivity contribution in [3.63, 3.8) is 0 Å². The predicted octanol–water partition coefficient (Wildman–Crippen LogP) is 2.33. The van der Waals surface area contributed by atoms with Crippen molar-refractivity contribution in [1.82, 2.24) is 20.1 Å². The number of ether oxygens (including phenoxy) is 1. The highest BCUT2D eigenvalue weighted by atomic mass is 19.1. The van der Waals surface area contributed by atoms with Crippen molar-refractivity contribution in [2.24, 2.45) is 18.2 Å². The number of hydrogen-bond donors (Lipinski definition) is 2. The van der Waals surface area contributed by atoms with E-state index in [1.807, 2.05) is 0 Å². The smallest absolute Gasteiger partial charge is 0.272 e. The van der Waals surface area contributed by atoms with Gasteiger partial charge in [0.25, 0.3) is 11.8 Å². The molecule has 8 nitrogen and oxygen atoms in total. The van der Waals surface area contributed by atoms with Gasteiger partial charge >= 0.3 is 0 Å². The Morgan fingerprint density at radius 1 is 1.26 bits per heavy atom. The molecule has 3 aromatic rings. The zero-order valence-corrected chi connectivity index (χ0v) is 17.0. The molecule has 2 amide bonds. The largest absolute Gasteiger partial charge is 0.474 e. The zero-order valence-electron chi connectivity index (χ0n) is 17.0. The second-order valence-corrected chi connectivity index (χ2v) is 8.58. The molecule has 31 heavy (non-hydrogen) atoms. The van der Waals surface area contributed by atoms with Gasteiger partial charge in [0.1, 0.15) is 17.5 Å². The topological polar surface area (TPSA) is 112 Å². The number of aryl methyl sites for hydroxylation is 1. The van der Waals surface area contributed by atoms with Gasteiger partial charge < -0.3 is 15.8 Å². The number of nitrogens with zero attached hydrogens (tertiary/aromatic N) is 3. The van der Waals surface area contributed by atoms with Crippen LogP contribution >= 0.6 is 0 Å². The molecule has 0 radical (unpaired) electrons. The summed E-state index contributed by atoms with van der Waals surface area (Å²) in [4.78, 5) is 28.4. The van der Waals surface area contributed by atoms with Crippen LogP contribution in [0.4, 0.5) is 4.39 Å². The molecule has 2 aliphatic rings. The van der Waals surface area contributed by atoms with Crippen LogP contribution in [-0.4, -0.2) is 38.7 Å². The van der Waals surface area contributed by atoms with Crippen LogP contribution in [0.1, 0.15) is 46.5 Å². The number of rotatable bonds is 5. The Morgan fingerprint density at radius 3 is 2.77 bits per heavy atom. The number of aromatic nitrogens is 3. The summed E-state index contributed by atoms with van der Waals surface area (Å²) in [6.07, 6.45) is 4.98. The Morgan fingerprint density at radius 2 is 2.03 bits per heavy atom. The van der Waals surface area contributed by atoms with Crippen LogP contribution in [-0.2, 0) is 7.05 Å². The van der Waals surface area contributed by atoms with Gasteiger partial charge in [0.15, 0.2) is 5.69 Å². The maximum Gasteiger partial charge on any atom is 0.272 e. The van der Waals surface area contributed by atoms with E-state index in [2.05, 4.69) is 15.4 Å². The van der Waals surface area contributed by atoms with Crippen LogP contribution in [0.15, 0.2) is 36.5 Å². The summed E-state index contributed by atoms with van der Waals surface area (Å²) in [5.41, 5.74) is 6.70. The van der Waals surface area contributed by atoms with Crippen LogP contribution in [0.2, 0.25) is 0 Å². The molecular weight excluding hydrogens is 401 g/mol.